The highest BCUT2D eigenvalue weighted by Crippen LogP contribution is 2.09. The van der Waals surface area contributed by atoms with Gasteiger partial charge in [0.05, 0.1) is 6.04 Å². The molecule has 1 rings (SSSR count). The number of nitrogens with one attached hydrogen (secondary N) is 1. The molecule has 0 unspecified atom stereocenters. The molecule has 0 amide bonds. The molecular weight excluding hydrogens is 292 g/mol. The highest BCUT2D eigenvalue weighted by Gasteiger charge is 2.21. The monoisotopic (exact) mass is 312 g/mol. The van der Waals surface area contributed by atoms with Gasteiger partial charge in [0.15, 0.2) is 0 Å². The van der Waals surface area contributed by atoms with Gasteiger partial charge in [-0.1, -0.05) is 0 Å². The van der Waals surface area contributed by atoms with Crippen LogP contribution >= 0.6 is 11.9 Å². The average molecular weight is 312 g/mol. The van der Waals surface area contributed by atoms with Gasteiger partial charge < -0.3 is 16.6 Å². The topological polar surface area (TPSA) is 131 Å². The summed E-state index contributed by atoms with van der Waals surface area (Å²) in [5, 5.41) is 8.72. The van der Waals surface area contributed by atoms with Crippen molar-refractivity contribution in [1.82, 2.24) is 9.71 Å². The Morgan fingerprint density at radius 2 is 2.05 bits per heavy atom. The van der Waals surface area contributed by atoms with E-state index in [1.54, 1.807) is 24.5 Å². The van der Waals surface area contributed by atoms with Crippen molar-refractivity contribution >= 4 is 23.0 Å². The fourth-order valence-electron chi connectivity index (χ4n) is 1.62. The van der Waals surface area contributed by atoms with Crippen LogP contribution in [0, 0.1) is 0 Å². The molecule has 0 aromatic carbocycles. The van der Waals surface area contributed by atoms with Crippen LogP contribution in [0.1, 0.15) is 18.4 Å². The summed E-state index contributed by atoms with van der Waals surface area (Å²) in [5.74, 6) is -1.01. The van der Waals surface area contributed by atoms with E-state index >= 15 is 0 Å². The highest BCUT2D eigenvalue weighted by molar-refractivity contribution is 8.12. The van der Waals surface area contributed by atoms with Gasteiger partial charge in [0.2, 0.25) is 5.12 Å². The molecule has 1 heterocycles. The number of hydrogen-bond donors (Lipinski definition) is 4. The number of rotatable bonds is 9. The van der Waals surface area contributed by atoms with E-state index in [1.807, 2.05) is 0 Å². The Morgan fingerprint density at radius 3 is 2.62 bits per heavy atom. The SMILES string of the molecule is NCCC[C@H](NSC(=O)[C@@H](N)Cc1ccncc1)C(=O)O. The van der Waals surface area contributed by atoms with Gasteiger partial charge in [-0.2, -0.15) is 0 Å². The maximum atomic E-state index is 11.9. The lowest BCUT2D eigenvalue weighted by molar-refractivity contribution is -0.139. The molecule has 2 atom stereocenters. The number of pyridine rings is 1. The molecule has 0 aliphatic rings. The molecule has 0 bridgehead atoms. The minimum absolute atomic E-state index is 0.300. The number of carbonyl (C=O) groups excluding carboxylic acids is 1. The summed E-state index contributed by atoms with van der Waals surface area (Å²) < 4.78 is 2.64. The van der Waals surface area contributed by atoms with Crippen LogP contribution in [0.15, 0.2) is 24.5 Å². The second kappa shape index (κ2) is 9.46. The summed E-state index contributed by atoms with van der Waals surface area (Å²) in [7, 11) is 0. The van der Waals surface area contributed by atoms with Crippen LogP contribution < -0.4 is 16.2 Å². The van der Waals surface area contributed by atoms with E-state index in [9.17, 15) is 9.59 Å². The van der Waals surface area contributed by atoms with Crippen LogP contribution in [0.4, 0.5) is 0 Å². The molecule has 0 saturated heterocycles. The van der Waals surface area contributed by atoms with Gasteiger partial charge in [0.1, 0.15) is 6.04 Å². The maximum Gasteiger partial charge on any atom is 0.321 e. The van der Waals surface area contributed by atoms with Crippen molar-refractivity contribution in [3.63, 3.8) is 0 Å². The van der Waals surface area contributed by atoms with Gasteiger partial charge >= 0.3 is 5.97 Å². The first-order valence-electron chi connectivity index (χ1n) is 6.58. The van der Waals surface area contributed by atoms with Crippen molar-refractivity contribution in [3.8, 4) is 0 Å². The summed E-state index contributed by atoms with van der Waals surface area (Å²) in [6, 6.07) is 2.06. The fraction of sp³-hybridized carbons (Fsp3) is 0.462. The number of aliphatic carboxylic acids is 1. The molecule has 1 aromatic heterocycles. The lowest BCUT2D eigenvalue weighted by Gasteiger charge is -2.14. The molecule has 7 nitrogen and oxygen atoms in total. The number of carboxylic acids is 1. The van der Waals surface area contributed by atoms with Crippen molar-refractivity contribution in [2.75, 3.05) is 6.54 Å². The van der Waals surface area contributed by atoms with Crippen molar-refractivity contribution < 1.29 is 14.7 Å². The zero-order chi connectivity index (χ0) is 15.7. The quantitative estimate of drug-likeness (QED) is 0.465. The number of carbonyl (C=O) groups is 2. The number of nitrogens with zero attached hydrogens (tertiary/aromatic N) is 1. The van der Waals surface area contributed by atoms with Crippen LogP contribution in [0.3, 0.4) is 0 Å². The normalized spacial score (nSPS) is 13.6. The third kappa shape index (κ3) is 6.67. The van der Waals surface area contributed by atoms with E-state index in [0.29, 0.717) is 25.8 Å². The number of hydrogen-bond acceptors (Lipinski definition) is 7. The molecule has 0 aliphatic carbocycles. The number of nitrogens with two attached hydrogens (primary N) is 2. The minimum atomic E-state index is -1.01. The molecule has 1 aromatic rings. The van der Waals surface area contributed by atoms with E-state index in [1.165, 1.54) is 0 Å². The highest BCUT2D eigenvalue weighted by atomic mass is 32.2. The van der Waals surface area contributed by atoms with Crippen LogP contribution in [0.25, 0.3) is 0 Å². The van der Waals surface area contributed by atoms with E-state index in [-0.39, 0.29) is 5.12 Å². The zero-order valence-electron chi connectivity index (χ0n) is 11.6. The van der Waals surface area contributed by atoms with Crippen LogP contribution in [-0.4, -0.2) is 39.8 Å². The predicted molar refractivity (Wildman–Crippen MR) is 81.4 cm³/mol. The second-order valence-electron chi connectivity index (χ2n) is 4.53. The average Bonchev–Trinajstić information content (AvgIpc) is 2.47. The third-order valence-corrected chi connectivity index (χ3v) is 3.71. The van der Waals surface area contributed by atoms with Crippen molar-refractivity contribution in [2.45, 2.75) is 31.3 Å². The Labute approximate surface area is 127 Å². The van der Waals surface area contributed by atoms with Crippen molar-refractivity contribution in [1.29, 1.82) is 0 Å². The maximum absolute atomic E-state index is 11.9. The van der Waals surface area contributed by atoms with E-state index in [4.69, 9.17) is 16.6 Å². The van der Waals surface area contributed by atoms with Crippen LogP contribution in [0.5, 0.6) is 0 Å². The molecule has 0 fully saturated rings. The van der Waals surface area contributed by atoms with Crippen LogP contribution in [0.2, 0.25) is 0 Å². The van der Waals surface area contributed by atoms with Gasteiger partial charge in [0.25, 0.3) is 0 Å². The third-order valence-electron chi connectivity index (χ3n) is 2.80. The van der Waals surface area contributed by atoms with Gasteiger partial charge in [-0.05, 0) is 55.5 Å². The van der Waals surface area contributed by atoms with Gasteiger partial charge in [-0.15, -0.1) is 0 Å². The first-order valence-corrected chi connectivity index (χ1v) is 7.39. The minimum Gasteiger partial charge on any atom is -0.480 e. The van der Waals surface area contributed by atoms with Gasteiger partial charge in [-0.3, -0.25) is 14.6 Å². The van der Waals surface area contributed by atoms with Gasteiger partial charge in [-0.25, -0.2) is 4.72 Å². The first-order chi connectivity index (χ1) is 10.0. The largest absolute Gasteiger partial charge is 0.480 e. The summed E-state index contributed by atoms with van der Waals surface area (Å²) >= 11 is 0.739. The van der Waals surface area contributed by atoms with Crippen molar-refractivity contribution in [3.05, 3.63) is 30.1 Å². The molecule has 0 aliphatic heterocycles. The Kier molecular flexibility index (Phi) is 7.91. The standard InChI is InChI=1S/C13H20N4O3S/c14-5-1-2-11(12(18)19)17-21-13(20)10(15)8-9-3-6-16-7-4-9/h3-4,6-7,10-11,17H,1-2,5,8,14-15H2,(H,18,19)/t10-,11-/m0/s1. The zero-order valence-corrected chi connectivity index (χ0v) is 12.4. The summed E-state index contributed by atoms with van der Waals surface area (Å²) in [6.45, 7) is 0.408. The smallest absolute Gasteiger partial charge is 0.321 e. The lowest BCUT2D eigenvalue weighted by atomic mass is 10.1. The van der Waals surface area contributed by atoms with E-state index in [2.05, 4.69) is 9.71 Å². The van der Waals surface area contributed by atoms with E-state index < -0.39 is 18.1 Å². The van der Waals surface area contributed by atoms with Crippen molar-refractivity contribution in [2.24, 2.45) is 11.5 Å². The predicted octanol–water partition coefficient (Wildman–Crippen LogP) is -0.0921. The first kappa shape index (κ1) is 17.6. The Hall–Kier alpha value is -1.48. The molecule has 8 heteroatoms. The van der Waals surface area contributed by atoms with Gasteiger partial charge in [0, 0.05) is 12.4 Å². The lowest BCUT2D eigenvalue weighted by Crippen LogP contribution is -2.37. The summed E-state index contributed by atoms with van der Waals surface area (Å²) in [4.78, 5) is 26.8. The Morgan fingerprint density at radius 1 is 1.38 bits per heavy atom. The number of carboxylic acid groups (broad SMARTS) is 1. The molecule has 0 radical (unpaired) electrons. The molecular formula is C13H20N4O3S. The molecule has 116 valence electrons. The van der Waals surface area contributed by atoms with E-state index in [0.717, 1.165) is 17.5 Å². The number of aromatic nitrogens is 1. The molecule has 21 heavy (non-hydrogen) atoms. The fourth-order valence-corrected chi connectivity index (χ4v) is 2.33. The summed E-state index contributed by atoms with van der Waals surface area (Å²) in [5.41, 5.74) is 12.1. The summed E-state index contributed by atoms with van der Waals surface area (Å²) in [6.07, 6.45) is 4.58. The Bertz CT molecular complexity index is 458. The van der Waals surface area contributed by atoms with Crippen LogP contribution in [-0.2, 0) is 16.0 Å². The second-order valence-corrected chi connectivity index (χ2v) is 5.37. The molecule has 0 saturated carbocycles. The molecule has 0 spiro atoms. The Balaban J connectivity index is 2.42. The molecule has 6 N–H and O–H groups in total.